The Kier molecular flexibility index (Phi) is 4.59. The number of H-pyrrole nitrogens is 1. The van der Waals surface area contributed by atoms with Gasteiger partial charge in [0, 0.05) is 5.56 Å². The summed E-state index contributed by atoms with van der Waals surface area (Å²) in [6.45, 7) is 2.00. The molecular weight excluding hydrogens is 304 g/mol. The van der Waals surface area contributed by atoms with Gasteiger partial charge in [-0.15, -0.1) is 0 Å². The average Bonchev–Trinajstić information content (AvgIpc) is 2.95. The summed E-state index contributed by atoms with van der Waals surface area (Å²) in [5, 5.41) is 11.5. The number of benzene rings is 2. The van der Waals surface area contributed by atoms with Gasteiger partial charge in [-0.1, -0.05) is 66.7 Å². The molecule has 0 spiro atoms. The molecule has 5 heteroatoms. The molecule has 0 radical (unpaired) electrons. The molecule has 0 saturated carbocycles. The zero-order valence-corrected chi connectivity index (χ0v) is 13.5. The van der Waals surface area contributed by atoms with E-state index >= 15 is 0 Å². The van der Waals surface area contributed by atoms with Crippen LogP contribution in [0.1, 0.15) is 12.5 Å². The maximum atomic E-state index is 5.27. The summed E-state index contributed by atoms with van der Waals surface area (Å²) in [5.74, 6) is 0.694. The Hall–Kier alpha value is -2.79. The summed E-state index contributed by atoms with van der Waals surface area (Å²) < 4.78 is 2.10. The first-order valence-electron chi connectivity index (χ1n) is 7.24. The maximum Gasteiger partial charge on any atom is 0.216 e. The minimum Gasteiger partial charge on any atom is -0.250 e. The van der Waals surface area contributed by atoms with Crippen LogP contribution < -0.4 is 0 Å². The van der Waals surface area contributed by atoms with Crippen LogP contribution in [0.2, 0.25) is 0 Å². The molecule has 0 unspecified atom stereocenters. The van der Waals surface area contributed by atoms with Crippen molar-refractivity contribution < 1.29 is 0 Å². The van der Waals surface area contributed by atoms with E-state index in [-0.39, 0.29) is 0 Å². The molecule has 23 heavy (non-hydrogen) atoms. The molecule has 3 aromatic rings. The van der Waals surface area contributed by atoms with E-state index in [1.807, 2.05) is 55.5 Å². The highest BCUT2D eigenvalue weighted by Gasteiger charge is 2.06. The lowest BCUT2D eigenvalue weighted by molar-refractivity contribution is 0.871. The lowest BCUT2D eigenvalue weighted by atomic mass is 10.1. The fourth-order valence-electron chi connectivity index (χ4n) is 2.17. The molecule has 2 aromatic carbocycles. The van der Waals surface area contributed by atoms with Crippen molar-refractivity contribution in [2.24, 2.45) is 5.10 Å². The monoisotopic (exact) mass is 320 g/mol. The fraction of sp³-hybridized carbons (Fsp3) is 0.0556. The lowest BCUT2D eigenvalue weighted by Gasteiger charge is -2.00. The van der Waals surface area contributed by atoms with Crippen molar-refractivity contribution in [1.29, 1.82) is 0 Å². The molecule has 3 rings (SSSR count). The highest BCUT2D eigenvalue weighted by atomic mass is 32.1. The number of nitrogens with zero attached hydrogens (tertiary/aromatic N) is 3. The van der Waals surface area contributed by atoms with Crippen LogP contribution in [0.3, 0.4) is 0 Å². The van der Waals surface area contributed by atoms with Crippen molar-refractivity contribution >= 4 is 24.5 Å². The SMILES string of the molecule is CC(/C=N/n1c(-c2ccccc2)n[nH]c1=S)=C\c1ccccc1. The van der Waals surface area contributed by atoms with Crippen LogP contribution in [0.15, 0.2) is 71.3 Å². The first-order valence-corrected chi connectivity index (χ1v) is 7.65. The summed E-state index contributed by atoms with van der Waals surface area (Å²) in [6, 6.07) is 20.0. The van der Waals surface area contributed by atoms with Crippen molar-refractivity contribution in [3.63, 3.8) is 0 Å². The Balaban J connectivity index is 1.90. The molecule has 4 nitrogen and oxygen atoms in total. The van der Waals surface area contributed by atoms with E-state index in [1.165, 1.54) is 0 Å². The Morgan fingerprint density at radius 1 is 1.09 bits per heavy atom. The third kappa shape index (κ3) is 3.70. The van der Waals surface area contributed by atoms with Crippen molar-refractivity contribution in [1.82, 2.24) is 14.9 Å². The molecule has 1 heterocycles. The maximum absolute atomic E-state index is 5.27. The van der Waals surface area contributed by atoms with Crippen LogP contribution in [0.4, 0.5) is 0 Å². The topological polar surface area (TPSA) is 46.0 Å². The Bertz CT molecular complexity index is 890. The predicted octanol–water partition coefficient (Wildman–Crippen LogP) is 4.55. The number of hydrogen-bond acceptors (Lipinski definition) is 3. The minimum absolute atomic E-state index is 0.465. The second kappa shape index (κ2) is 6.98. The summed E-state index contributed by atoms with van der Waals surface area (Å²) >= 11 is 5.27. The van der Waals surface area contributed by atoms with E-state index in [9.17, 15) is 0 Å². The Morgan fingerprint density at radius 3 is 2.43 bits per heavy atom. The van der Waals surface area contributed by atoms with E-state index in [2.05, 4.69) is 33.5 Å². The van der Waals surface area contributed by atoms with E-state index < -0.39 is 0 Å². The standard InChI is InChI=1S/C18H16N4S/c1-14(12-15-8-4-2-5-9-15)13-19-22-17(20-21-18(22)23)16-10-6-3-7-11-16/h2-13H,1H3,(H,21,23)/b14-12+,19-13+. The summed E-state index contributed by atoms with van der Waals surface area (Å²) in [6.07, 6.45) is 3.85. The van der Waals surface area contributed by atoms with Gasteiger partial charge in [-0.2, -0.15) is 14.9 Å². The average molecular weight is 320 g/mol. The molecule has 0 aliphatic carbocycles. The normalized spacial score (nSPS) is 12.0. The van der Waals surface area contributed by atoms with Crippen LogP contribution in [0.25, 0.3) is 17.5 Å². The first-order chi connectivity index (χ1) is 11.2. The van der Waals surface area contributed by atoms with Crippen molar-refractivity contribution in [3.8, 4) is 11.4 Å². The lowest BCUT2D eigenvalue weighted by Crippen LogP contribution is -1.94. The van der Waals surface area contributed by atoms with E-state index in [1.54, 1.807) is 10.9 Å². The van der Waals surface area contributed by atoms with E-state index in [4.69, 9.17) is 12.2 Å². The van der Waals surface area contributed by atoms with E-state index in [0.29, 0.717) is 10.6 Å². The van der Waals surface area contributed by atoms with Crippen LogP contribution in [-0.4, -0.2) is 21.1 Å². The second-order valence-electron chi connectivity index (χ2n) is 5.07. The van der Waals surface area contributed by atoms with Gasteiger partial charge in [0.1, 0.15) is 0 Å². The van der Waals surface area contributed by atoms with Crippen molar-refractivity contribution in [2.75, 3.05) is 0 Å². The van der Waals surface area contributed by atoms with Gasteiger partial charge >= 0.3 is 0 Å². The highest BCUT2D eigenvalue weighted by Crippen LogP contribution is 2.16. The molecule has 0 bridgehead atoms. The third-order valence-corrected chi connectivity index (χ3v) is 3.52. The Morgan fingerprint density at radius 2 is 1.74 bits per heavy atom. The number of hydrogen-bond donors (Lipinski definition) is 1. The number of nitrogens with one attached hydrogen (secondary N) is 1. The molecule has 0 fully saturated rings. The number of rotatable bonds is 4. The largest absolute Gasteiger partial charge is 0.250 e. The van der Waals surface area contributed by atoms with Gasteiger partial charge in [-0.05, 0) is 30.3 Å². The zero-order chi connectivity index (χ0) is 16.1. The van der Waals surface area contributed by atoms with Gasteiger partial charge in [0.05, 0.1) is 6.21 Å². The van der Waals surface area contributed by atoms with Crippen LogP contribution in [0.5, 0.6) is 0 Å². The van der Waals surface area contributed by atoms with Gasteiger partial charge < -0.3 is 0 Å². The van der Waals surface area contributed by atoms with Crippen LogP contribution >= 0.6 is 12.2 Å². The molecule has 0 aliphatic heterocycles. The molecule has 0 saturated heterocycles. The van der Waals surface area contributed by atoms with Crippen LogP contribution in [-0.2, 0) is 0 Å². The Labute approximate surface area is 139 Å². The van der Waals surface area contributed by atoms with Crippen molar-refractivity contribution in [3.05, 3.63) is 76.6 Å². The molecule has 0 amide bonds. The molecule has 114 valence electrons. The smallest absolute Gasteiger partial charge is 0.216 e. The molecule has 0 atom stereocenters. The second-order valence-corrected chi connectivity index (χ2v) is 5.46. The predicted molar refractivity (Wildman–Crippen MR) is 96.8 cm³/mol. The van der Waals surface area contributed by atoms with Gasteiger partial charge in [-0.25, -0.2) is 5.10 Å². The number of aromatic nitrogens is 3. The summed E-state index contributed by atoms with van der Waals surface area (Å²) in [7, 11) is 0. The van der Waals surface area contributed by atoms with Gasteiger partial charge in [0.15, 0.2) is 5.82 Å². The summed E-state index contributed by atoms with van der Waals surface area (Å²) in [5.41, 5.74) is 3.12. The minimum atomic E-state index is 0.465. The molecular formula is C18H16N4S. The molecule has 0 aliphatic rings. The number of allylic oxidation sites excluding steroid dienone is 1. The quantitative estimate of drug-likeness (QED) is 0.566. The van der Waals surface area contributed by atoms with Gasteiger partial charge in [-0.3, -0.25) is 0 Å². The highest BCUT2D eigenvalue weighted by molar-refractivity contribution is 7.71. The number of aromatic amines is 1. The fourth-order valence-corrected chi connectivity index (χ4v) is 2.35. The molecule has 1 aromatic heterocycles. The first kappa shape index (κ1) is 15.1. The van der Waals surface area contributed by atoms with Gasteiger partial charge in [0.25, 0.3) is 0 Å². The van der Waals surface area contributed by atoms with Gasteiger partial charge in [0.2, 0.25) is 4.77 Å². The van der Waals surface area contributed by atoms with Crippen LogP contribution in [0, 0.1) is 4.77 Å². The zero-order valence-electron chi connectivity index (χ0n) is 12.7. The molecule has 1 N–H and O–H groups in total. The summed E-state index contributed by atoms with van der Waals surface area (Å²) in [4.78, 5) is 0. The third-order valence-electron chi connectivity index (χ3n) is 3.25. The van der Waals surface area contributed by atoms with E-state index in [0.717, 1.165) is 16.7 Å². The van der Waals surface area contributed by atoms with Crippen molar-refractivity contribution in [2.45, 2.75) is 6.92 Å².